The van der Waals surface area contributed by atoms with Gasteiger partial charge < -0.3 is 5.73 Å². The summed E-state index contributed by atoms with van der Waals surface area (Å²) in [6.45, 7) is 0. The molecular weight excluding hydrogens is 324 g/mol. The number of hydrogen-bond acceptors (Lipinski definition) is 2. The van der Waals surface area contributed by atoms with Crippen LogP contribution in [0.2, 0.25) is 5.02 Å². The van der Waals surface area contributed by atoms with Crippen molar-refractivity contribution in [3.05, 3.63) is 39.6 Å². The van der Waals surface area contributed by atoms with Crippen LogP contribution in [-0.2, 0) is 12.8 Å². The van der Waals surface area contributed by atoms with E-state index in [-0.39, 0.29) is 0 Å². The summed E-state index contributed by atoms with van der Waals surface area (Å²) < 4.78 is 0. The third kappa shape index (κ3) is 2.59. The number of hydrogen-bond donors (Lipinski definition) is 1. The highest BCUT2D eigenvalue weighted by molar-refractivity contribution is 9.09. The fourth-order valence-electron chi connectivity index (χ4n) is 2.83. The number of nitrogens with zero attached hydrogens (tertiary/aromatic N) is 1. The first-order valence-electron chi connectivity index (χ1n) is 6.60. The molecule has 1 aromatic carbocycles. The van der Waals surface area contributed by atoms with Gasteiger partial charge in [-0.05, 0) is 48.4 Å². The van der Waals surface area contributed by atoms with Crippen molar-refractivity contribution >= 4 is 39.4 Å². The van der Waals surface area contributed by atoms with Gasteiger partial charge in [-0.3, -0.25) is 4.99 Å². The molecular formula is C15H16BrClN2. The van der Waals surface area contributed by atoms with Gasteiger partial charge >= 0.3 is 0 Å². The third-order valence-electron chi connectivity index (χ3n) is 3.96. The molecule has 1 aromatic rings. The number of nitrogen functional groups attached to an aromatic ring is 1. The summed E-state index contributed by atoms with van der Waals surface area (Å²) in [6.07, 6.45) is 7.16. The predicted octanol–water partition coefficient (Wildman–Crippen LogP) is 4.29. The lowest BCUT2D eigenvalue weighted by Crippen LogP contribution is -2.01. The summed E-state index contributed by atoms with van der Waals surface area (Å²) in [7, 11) is 0. The Hall–Kier alpha value is -0.800. The summed E-state index contributed by atoms with van der Waals surface area (Å²) in [5, 5.41) is 0.667. The van der Waals surface area contributed by atoms with Gasteiger partial charge in [0.25, 0.3) is 0 Å². The quantitative estimate of drug-likeness (QED) is 0.555. The number of rotatable bonds is 0. The zero-order valence-corrected chi connectivity index (χ0v) is 13.0. The Morgan fingerprint density at radius 1 is 1.26 bits per heavy atom. The Morgan fingerprint density at radius 2 is 2.11 bits per heavy atom. The number of alkyl halides is 1. The fraction of sp³-hybridized carbons (Fsp3) is 0.400. The van der Waals surface area contributed by atoms with Crippen molar-refractivity contribution in [1.29, 1.82) is 0 Å². The number of benzene rings is 1. The molecule has 0 fully saturated rings. The SMILES string of the molecule is Nc1c(Cl)ccc2c1CCC1=C(C2)N=CC(Br)CC1. The van der Waals surface area contributed by atoms with E-state index in [1.54, 1.807) is 0 Å². The Balaban J connectivity index is 2.00. The van der Waals surface area contributed by atoms with Crippen LogP contribution < -0.4 is 5.73 Å². The zero-order valence-electron chi connectivity index (χ0n) is 10.6. The minimum atomic E-state index is 0.397. The smallest absolute Gasteiger partial charge is 0.0638 e. The van der Waals surface area contributed by atoms with Gasteiger partial charge in [-0.2, -0.15) is 0 Å². The molecule has 1 aliphatic heterocycles. The molecule has 0 amide bonds. The van der Waals surface area contributed by atoms with E-state index < -0.39 is 0 Å². The lowest BCUT2D eigenvalue weighted by atomic mass is 9.99. The molecule has 1 aliphatic carbocycles. The first-order chi connectivity index (χ1) is 9.15. The van der Waals surface area contributed by atoms with Crippen molar-refractivity contribution in [3.63, 3.8) is 0 Å². The van der Waals surface area contributed by atoms with E-state index in [4.69, 9.17) is 17.3 Å². The van der Waals surface area contributed by atoms with Crippen molar-refractivity contribution < 1.29 is 0 Å². The Kier molecular flexibility index (Phi) is 3.68. The second kappa shape index (κ2) is 5.29. The summed E-state index contributed by atoms with van der Waals surface area (Å²) >= 11 is 9.75. The molecule has 0 aromatic heterocycles. The Bertz CT molecular complexity index is 578. The maximum Gasteiger partial charge on any atom is 0.0638 e. The van der Waals surface area contributed by atoms with Crippen LogP contribution in [0.3, 0.4) is 0 Å². The molecule has 0 spiro atoms. The predicted molar refractivity (Wildman–Crippen MR) is 85.4 cm³/mol. The lowest BCUT2D eigenvalue weighted by molar-refractivity contribution is 0.807. The monoisotopic (exact) mass is 338 g/mol. The molecule has 2 aliphatic rings. The first-order valence-corrected chi connectivity index (χ1v) is 7.89. The molecule has 2 nitrogen and oxygen atoms in total. The second-order valence-electron chi connectivity index (χ2n) is 5.16. The van der Waals surface area contributed by atoms with E-state index in [0.29, 0.717) is 9.85 Å². The van der Waals surface area contributed by atoms with Crippen LogP contribution >= 0.6 is 27.5 Å². The van der Waals surface area contributed by atoms with Gasteiger partial charge in [0.05, 0.1) is 15.5 Å². The molecule has 4 heteroatoms. The maximum atomic E-state index is 6.12. The van der Waals surface area contributed by atoms with Crippen molar-refractivity contribution in [1.82, 2.24) is 0 Å². The van der Waals surface area contributed by atoms with Gasteiger partial charge in [0.1, 0.15) is 0 Å². The summed E-state index contributed by atoms with van der Waals surface area (Å²) in [5.74, 6) is 0. The zero-order chi connectivity index (χ0) is 13.4. The van der Waals surface area contributed by atoms with Crippen LogP contribution in [0.4, 0.5) is 5.69 Å². The van der Waals surface area contributed by atoms with E-state index in [9.17, 15) is 0 Å². The number of allylic oxidation sites excluding steroid dienone is 2. The van der Waals surface area contributed by atoms with Crippen molar-refractivity contribution in [3.8, 4) is 0 Å². The molecule has 100 valence electrons. The fourth-order valence-corrected chi connectivity index (χ4v) is 3.36. The van der Waals surface area contributed by atoms with Crippen molar-refractivity contribution in [2.75, 3.05) is 5.73 Å². The minimum absolute atomic E-state index is 0.397. The van der Waals surface area contributed by atoms with E-state index >= 15 is 0 Å². The van der Waals surface area contributed by atoms with Gasteiger partial charge in [-0.1, -0.05) is 33.6 Å². The normalized spacial score (nSPS) is 22.5. The van der Waals surface area contributed by atoms with E-state index in [1.165, 1.54) is 22.4 Å². The van der Waals surface area contributed by atoms with Crippen LogP contribution in [-0.4, -0.2) is 11.0 Å². The number of nitrogens with two attached hydrogens (primary N) is 1. The van der Waals surface area contributed by atoms with Crippen LogP contribution in [0.1, 0.15) is 30.4 Å². The van der Waals surface area contributed by atoms with Gasteiger partial charge in [0.2, 0.25) is 0 Å². The van der Waals surface area contributed by atoms with Gasteiger partial charge in [0, 0.05) is 18.3 Å². The molecule has 3 rings (SSSR count). The number of anilines is 1. The largest absolute Gasteiger partial charge is 0.397 e. The van der Waals surface area contributed by atoms with Crippen LogP contribution in [0.5, 0.6) is 0 Å². The minimum Gasteiger partial charge on any atom is -0.397 e. The molecule has 0 saturated heterocycles. The maximum absolute atomic E-state index is 6.12. The Labute approximate surface area is 126 Å². The molecule has 1 heterocycles. The topological polar surface area (TPSA) is 38.4 Å². The first kappa shape index (κ1) is 13.2. The van der Waals surface area contributed by atoms with Gasteiger partial charge in [-0.15, -0.1) is 0 Å². The van der Waals surface area contributed by atoms with E-state index in [2.05, 4.69) is 27.0 Å². The average molecular weight is 340 g/mol. The number of fused-ring (bicyclic) bond motifs is 1. The second-order valence-corrected chi connectivity index (χ2v) is 6.74. The average Bonchev–Trinajstić information content (AvgIpc) is 2.67. The highest BCUT2D eigenvalue weighted by Gasteiger charge is 2.20. The molecule has 19 heavy (non-hydrogen) atoms. The molecule has 0 radical (unpaired) electrons. The van der Waals surface area contributed by atoms with Crippen molar-refractivity contribution in [2.24, 2.45) is 4.99 Å². The van der Waals surface area contributed by atoms with Crippen LogP contribution in [0, 0.1) is 0 Å². The van der Waals surface area contributed by atoms with Crippen LogP contribution in [0.25, 0.3) is 0 Å². The van der Waals surface area contributed by atoms with E-state index in [1.807, 2.05) is 12.3 Å². The molecule has 1 atom stereocenters. The summed E-state index contributed by atoms with van der Waals surface area (Å²) in [5.41, 5.74) is 12.1. The summed E-state index contributed by atoms with van der Waals surface area (Å²) in [4.78, 5) is 5.07. The Morgan fingerprint density at radius 3 is 2.95 bits per heavy atom. The molecule has 1 unspecified atom stereocenters. The van der Waals surface area contributed by atoms with Gasteiger partial charge in [-0.25, -0.2) is 0 Å². The summed E-state index contributed by atoms with van der Waals surface area (Å²) in [6, 6.07) is 3.99. The van der Waals surface area contributed by atoms with E-state index in [0.717, 1.165) is 37.8 Å². The highest BCUT2D eigenvalue weighted by Crippen LogP contribution is 2.35. The third-order valence-corrected chi connectivity index (χ3v) is 4.98. The molecule has 2 N–H and O–H groups in total. The van der Waals surface area contributed by atoms with Crippen molar-refractivity contribution in [2.45, 2.75) is 36.9 Å². The van der Waals surface area contributed by atoms with Gasteiger partial charge in [0.15, 0.2) is 0 Å². The molecule has 0 saturated carbocycles. The standard InChI is InChI=1S/C15H16BrClN2/c16-11-4-1-9-2-5-12-10(7-14(9)19-8-11)3-6-13(17)15(12)18/h3,6,8,11H,1-2,4-5,7,18H2. The lowest BCUT2D eigenvalue weighted by Gasteiger charge is -2.11. The van der Waals surface area contributed by atoms with Crippen LogP contribution in [0.15, 0.2) is 28.4 Å². The highest BCUT2D eigenvalue weighted by atomic mass is 79.9. The number of aliphatic imine (C=N–C) groups is 1. The molecule has 0 bridgehead atoms. The number of halogens is 2.